The van der Waals surface area contributed by atoms with E-state index < -0.39 is 6.04 Å². The van der Waals surface area contributed by atoms with Crippen molar-refractivity contribution in [2.45, 2.75) is 46.1 Å². The average molecular weight is 255 g/mol. The van der Waals surface area contributed by atoms with Gasteiger partial charge in [-0.15, -0.1) is 11.3 Å². The SMILES string of the molecule is CC(C)[C@H](N)C(=O)Nc1nc(C(C)(C)C)cs1. The number of aromatic nitrogens is 1. The predicted octanol–water partition coefficient (Wildman–Crippen LogP) is 2.36. The zero-order valence-corrected chi connectivity index (χ0v) is 11.9. The van der Waals surface area contributed by atoms with Crippen molar-refractivity contribution in [1.29, 1.82) is 0 Å². The highest BCUT2D eigenvalue weighted by molar-refractivity contribution is 7.13. The second-order valence-electron chi connectivity index (χ2n) is 5.55. The Morgan fingerprint density at radius 2 is 2.06 bits per heavy atom. The molecule has 1 aromatic rings. The van der Waals surface area contributed by atoms with Gasteiger partial charge >= 0.3 is 0 Å². The van der Waals surface area contributed by atoms with E-state index in [1.165, 1.54) is 11.3 Å². The van der Waals surface area contributed by atoms with Gasteiger partial charge in [-0.25, -0.2) is 4.98 Å². The fraction of sp³-hybridized carbons (Fsp3) is 0.667. The predicted molar refractivity (Wildman–Crippen MR) is 72.3 cm³/mol. The monoisotopic (exact) mass is 255 g/mol. The molecular formula is C12H21N3OS. The number of carbonyl (C=O) groups excluding carboxylic acids is 1. The normalized spacial score (nSPS) is 13.8. The Hall–Kier alpha value is -0.940. The fourth-order valence-corrected chi connectivity index (χ4v) is 2.11. The first-order valence-electron chi connectivity index (χ1n) is 5.74. The molecule has 1 amide bonds. The summed E-state index contributed by atoms with van der Waals surface area (Å²) < 4.78 is 0. The second kappa shape index (κ2) is 5.14. The number of hydrogen-bond donors (Lipinski definition) is 2. The lowest BCUT2D eigenvalue weighted by molar-refractivity contribution is -0.118. The second-order valence-corrected chi connectivity index (χ2v) is 6.41. The van der Waals surface area contributed by atoms with Crippen LogP contribution in [0.1, 0.15) is 40.3 Å². The largest absolute Gasteiger partial charge is 0.320 e. The van der Waals surface area contributed by atoms with Crippen molar-refractivity contribution in [3.8, 4) is 0 Å². The maximum absolute atomic E-state index is 11.7. The topological polar surface area (TPSA) is 68.0 Å². The molecule has 0 aliphatic rings. The van der Waals surface area contributed by atoms with Crippen LogP contribution in [0.3, 0.4) is 0 Å². The number of anilines is 1. The lowest BCUT2D eigenvalue weighted by Crippen LogP contribution is -2.39. The van der Waals surface area contributed by atoms with Gasteiger partial charge in [0.15, 0.2) is 5.13 Å². The Morgan fingerprint density at radius 1 is 1.47 bits per heavy atom. The van der Waals surface area contributed by atoms with Gasteiger partial charge in [-0.3, -0.25) is 4.79 Å². The van der Waals surface area contributed by atoms with Crippen LogP contribution in [0.25, 0.3) is 0 Å². The van der Waals surface area contributed by atoms with Crippen LogP contribution in [-0.4, -0.2) is 16.9 Å². The van der Waals surface area contributed by atoms with E-state index in [0.717, 1.165) is 5.69 Å². The summed E-state index contributed by atoms with van der Waals surface area (Å²) in [4.78, 5) is 16.1. The van der Waals surface area contributed by atoms with Crippen molar-refractivity contribution in [1.82, 2.24) is 4.98 Å². The van der Waals surface area contributed by atoms with Crippen molar-refractivity contribution < 1.29 is 4.79 Å². The van der Waals surface area contributed by atoms with Gasteiger partial charge in [-0.2, -0.15) is 0 Å². The molecule has 4 nitrogen and oxygen atoms in total. The minimum Gasteiger partial charge on any atom is -0.320 e. The highest BCUT2D eigenvalue weighted by Gasteiger charge is 2.21. The summed E-state index contributed by atoms with van der Waals surface area (Å²) in [5.74, 6) is -0.0492. The van der Waals surface area contributed by atoms with Gasteiger partial charge in [0.05, 0.1) is 11.7 Å². The minimum absolute atomic E-state index is 0.000355. The van der Waals surface area contributed by atoms with Gasteiger partial charge in [0, 0.05) is 10.8 Å². The molecule has 0 aliphatic carbocycles. The number of nitrogens with two attached hydrogens (primary N) is 1. The molecule has 1 heterocycles. The summed E-state index contributed by atoms with van der Waals surface area (Å²) in [6.07, 6.45) is 0. The zero-order valence-electron chi connectivity index (χ0n) is 11.1. The summed E-state index contributed by atoms with van der Waals surface area (Å²) >= 11 is 1.44. The maximum atomic E-state index is 11.7. The number of nitrogens with zero attached hydrogens (tertiary/aromatic N) is 1. The fourth-order valence-electron chi connectivity index (χ4n) is 1.17. The summed E-state index contributed by atoms with van der Waals surface area (Å²) in [6.45, 7) is 10.1. The maximum Gasteiger partial charge on any atom is 0.243 e. The Kier molecular flexibility index (Phi) is 4.27. The lowest BCUT2D eigenvalue weighted by Gasteiger charge is -2.15. The van der Waals surface area contributed by atoms with Crippen molar-refractivity contribution in [3.63, 3.8) is 0 Å². The quantitative estimate of drug-likeness (QED) is 0.871. The Balaban J connectivity index is 2.71. The molecule has 96 valence electrons. The van der Waals surface area contributed by atoms with Crippen molar-refractivity contribution in [3.05, 3.63) is 11.1 Å². The molecule has 1 rings (SSSR count). The molecular weight excluding hydrogens is 234 g/mol. The van der Waals surface area contributed by atoms with E-state index >= 15 is 0 Å². The Bertz CT molecular complexity index is 393. The first-order chi connectivity index (χ1) is 7.71. The van der Waals surface area contributed by atoms with E-state index in [-0.39, 0.29) is 17.2 Å². The number of carbonyl (C=O) groups is 1. The van der Waals surface area contributed by atoms with Crippen LogP contribution in [0.5, 0.6) is 0 Å². The number of amides is 1. The highest BCUT2D eigenvalue weighted by Crippen LogP contribution is 2.26. The molecule has 0 fully saturated rings. The molecule has 3 N–H and O–H groups in total. The van der Waals surface area contributed by atoms with Gasteiger partial charge in [-0.05, 0) is 5.92 Å². The van der Waals surface area contributed by atoms with Gasteiger partial charge in [0.2, 0.25) is 5.91 Å². The van der Waals surface area contributed by atoms with E-state index in [4.69, 9.17) is 5.73 Å². The molecule has 0 saturated heterocycles. The highest BCUT2D eigenvalue weighted by atomic mass is 32.1. The zero-order chi connectivity index (χ0) is 13.2. The van der Waals surface area contributed by atoms with Crippen molar-refractivity contribution in [2.24, 2.45) is 11.7 Å². The third-order valence-corrected chi connectivity index (χ3v) is 3.28. The summed E-state index contributed by atoms with van der Waals surface area (Å²) in [5, 5.41) is 5.35. The number of nitrogens with one attached hydrogen (secondary N) is 1. The van der Waals surface area contributed by atoms with E-state index in [1.807, 2.05) is 19.2 Å². The molecule has 1 atom stereocenters. The number of hydrogen-bond acceptors (Lipinski definition) is 4. The van der Waals surface area contributed by atoms with Crippen LogP contribution in [0, 0.1) is 5.92 Å². The van der Waals surface area contributed by atoms with E-state index in [0.29, 0.717) is 5.13 Å². The summed E-state index contributed by atoms with van der Waals surface area (Å²) in [7, 11) is 0. The van der Waals surface area contributed by atoms with Crippen LogP contribution in [0.15, 0.2) is 5.38 Å². The van der Waals surface area contributed by atoms with Crippen molar-refractivity contribution in [2.75, 3.05) is 5.32 Å². The third-order valence-electron chi connectivity index (χ3n) is 2.52. The van der Waals surface area contributed by atoms with E-state index in [9.17, 15) is 4.79 Å². The van der Waals surface area contributed by atoms with E-state index in [1.54, 1.807) is 0 Å². The van der Waals surface area contributed by atoms with Crippen molar-refractivity contribution >= 4 is 22.4 Å². The Labute approximate surface area is 107 Å². The molecule has 0 unspecified atom stereocenters. The average Bonchev–Trinajstić information content (AvgIpc) is 2.64. The number of rotatable bonds is 3. The molecule has 0 spiro atoms. The van der Waals surface area contributed by atoms with Gasteiger partial charge < -0.3 is 11.1 Å². The third kappa shape index (κ3) is 3.78. The van der Waals surface area contributed by atoms with Gasteiger partial charge in [-0.1, -0.05) is 34.6 Å². The van der Waals surface area contributed by atoms with Crippen LogP contribution >= 0.6 is 11.3 Å². The molecule has 17 heavy (non-hydrogen) atoms. The molecule has 0 bridgehead atoms. The van der Waals surface area contributed by atoms with Gasteiger partial charge in [0.1, 0.15) is 0 Å². The molecule has 5 heteroatoms. The smallest absolute Gasteiger partial charge is 0.243 e. The summed E-state index contributed by atoms with van der Waals surface area (Å²) in [6, 6.07) is -0.489. The van der Waals surface area contributed by atoms with Gasteiger partial charge in [0.25, 0.3) is 0 Å². The van der Waals surface area contributed by atoms with Crippen LogP contribution in [0.2, 0.25) is 0 Å². The first-order valence-corrected chi connectivity index (χ1v) is 6.62. The Morgan fingerprint density at radius 3 is 2.47 bits per heavy atom. The standard InChI is InChI=1S/C12H21N3OS/c1-7(2)9(13)10(16)15-11-14-8(6-17-11)12(3,4)5/h6-7,9H,13H2,1-5H3,(H,14,15,16)/t9-/m0/s1. The summed E-state index contributed by atoms with van der Waals surface area (Å²) in [5.41, 5.74) is 6.75. The van der Waals surface area contributed by atoms with E-state index in [2.05, 4.69) is 31.1 Å². The molecule has 0 radical (unpaired) electrons. The molecule has 0 aliphatic heterocycles. The molecule has 0 saturated carbocycles. The van der Waals surface area contributed by atoms with Crippen LogP contribution in [-0.2, 0) is 10.2 Å². The first kappa shape index (κ1) is 14.1. The van der Waals surface area contributed by atoms with Crippen LogP contribution < -0.4 is 11.1 Å². The molecule has 0 aromatic carbocycles. The minimum atomic E-state index is -0.489. The lowest BCUT2D eigenvalue weighted by atomic mass is 9.93. The number of thiazole rings is 1. The molecule has 1 aromatic heterocycles. The van der Waals surface area contributed by atoms with Crippen LogP contribution in [0.4, 0.5) is 5.13 Å².